The van der Waals surface area contributed by atoms with E-state index in [-0.39, 0.29) is 11.8 Å². The molecule has 0 spiro atoms. The van der Waals surface area contributed by atoms with Crippen LogP contribution in [0.3, 0.4) is 0 Å². The Bertz CT molecular complexity index is 665. The highest BCUT2D eigenvalue weighted by Gasteiger charge is 2.29. The second-order valence-corrected chi connectivity index (χ2v) is 6.19. The van der Waals surface area contributed by atoms with Gasteiger partial charge in [-0.15, -0.1) is 0 Å². The summed E-state index contributed by atoms with van der Waals surface area (Å²) in [6.07, 6.45) is 6.56. The van der Waals surface area contributed by atoms with Crippen LogP contribution in [0.5, 0.6) is 0 Å². The zero-order valence-corrected chi connectivity index (χ0v) is 12.9. The molecule has 0 atom stereocenters. The minimum absolute atomic E-state index is 0.217. The molecule has 0 radical (unpaired) electrons. The zero-order valence-electron chi connectivity index (χ0n) is 10.6. The molecule has 7 heteroatoms. The number of carbonyl (C=O) groups is 1. The molecule has 0 saturated heterocycles. The van der Waals surface area contributed by atoms with Crippen molar-refractivity contribution in [1.82, 2.24) is 14.4 Å². The maximum atomic E-state index is 11.0. The van der Waals surface area contributed by atoms with Crippen molar-refractivity contribution >= 4 is 39.0 Å². The minimum atomic E-state index is -0.690. The Labute approximate surface area is 129 Å². The number of nitrogens with zero attached hydrogens (tertiary/aromatic N) is 3. The van der Waals surface area contributed by atoms with Gasteiger partial charge in [-0.2, -0.15) is 0 Å². The molecule has 5 nitrogen and oxygen atoms in total. The lowest BCUT2D eigenvalue weighted by molar-refractivity contribution is -0.142. The Morgan fingerprint density at radius 2 is 2.10 bits per heavy atom. The van der Waals surface area contributed by atoms with Gasteiger partial charge in [0.2, 0.25) is 0 Å². The van der Waals surface area contributed by atoms with Crippen LogP contribution in [0.15, 0.2) is 17.0 Å². The summed E-state index contributed by atoms with van der Waals surface area (Å²) in [6, 6.07) is 0. The molecule has 1 fully saturated rings. The number of aliphatic carboxylic acids is 1. The van der Waals surface area contributed by atoms with E-state index in [0.717, 1.165) is 24.2 Å². The minimum Gasteiger partial charge on any atom is -0.481 e. The van der Waals surface area contributed by atoms with Gasteiger partial charge < -0.3 is 5.11 Å². The first-order valence-corrected chi connectivity index (χ1v) is 7.65. The smallest absolute Gasteiger partial charge is 0.306 e. The van der Waals surface area contributed by atoms with Crippen molar-refractivity contribution in [2.75, 3.05) is 0 Å². The van der Waals surface area contributed by atoms with E-state index in [0.29, 0.717) is 22.6 Å². The normalized spacial score (nSPS) is 23.1. The van der Waals surface area contributed by atoms with Gasteiger partial charge in [-0.1, -0.05) is 11.6 Å². The lowest BCUT2D eigenvalue weighted by atomic mass is 9.81. The highest BCUT2D eigenvalue weighted by molar-refractivity contribution is 9.10. The third-order valence-electron chi connectivity index (χ3n) is 3.94. The lowest BCUT2D eigenvalue weighted by Gasteiger charge is -2.25. The highest BCUT2D eigenvalue weighted by atomic mass is 79.9. The van der Waals surface area contributed by atoms with E-state index in [1.165, 1.54) is 0 Å². The van der Waals surface area contributed by atoms with Crippen LogP contribution in [0, 0.1) is 5.92 Å². The van der Waals surface area contributed by atoms with Crippen LogP contribution in [0.25, 0.3) is 5.52 Å². The van der Waals surface area contributed by atoms with Gasteiger partial charge in [0.05, 0.1) is 5.92 Å². The van der Waals surface area contributed by atoms with Crippen LogP contribution in [-0.4, -0.2) is 25.4 Å². The van der Waals surface area contributed by atoms with Gasteiger partial charge in [0.1, 0.15) is 15.9 Å². The van der Waals surface area contributed by atoms with Crippen LogP contribution in [-0.2, 0) is 4.79 Å². The molecular weight excluding hydrogens is 346 g/mol. The summed E-state index contributed by atoms with van der Waals surface area (Å²) < 4.78 is 2.64. The van der Waals surface area contributed by atoms with E-state index in [4.69, 9.17) is 16.7 Å². The van der Waals surface area contributed by atoms with Crippen molar-refractivity contribution in [3.8, 4) is 0 Å². The third kappa shape index (κ3) is 2.31. The molecule has 1 aliphatic rings. The molecule has 2 aromatic rings. The Balaban J connectivity index is 1.92. The van der Waals surface area contributed by atoms with Gasteiger partial charge in [-0.05, 0) is 41.6 Å². The van der Waals surface area contributed by atoms with Crippen molar-refractivity contribution < 1.29 is 9.90 Å². The highest BCUT2D eigenvalue weighted by Crippen LogP contribution is 2.37. The number of carboxylic acids is 1. The summed E-state index contributed by atoms with van der Waals surface area (Å²) >= 11 is 9.52. The zero-order chi connectivity index (χ0) is 14.3. The lowest BCUT2D eigenvalue weighted by Crippen LogP contribution is -2.21. The van der Waals surface area contributed by atoms with Crippen LogP contribution in [0.2, 0.25) is 5.15 Å². The molecule has 0 aromatic carbocycles. The fraction of sp³-hybridized carbons (Fsp3) is 0.462. The summed E-state index contributed by atoms with van der Waals surface area (Å²) in [7, 11) is 0. The third-order valence-corrected chi connectivity index (χ3v) is 4.77. The van der Waals surface area contributed by atoms with E-state index in [9.17, 15) is 4.79 Å². The molecule has 1 N–H and O–H groups in total. The topological polar surface area (TPSA) is 67.5 Å². The van der Waals surface area contributed by atoms with E-state index in [1.54, 1.807) is 6.20 Å². The summed E-state index contributed by atoms with van der Waals surface area (Å²) in [5, 5.41) is 9.47. The van der Waals surface area contributed by atoms with Gasteiger partial charge in [0.25, 0.3) is 0 Å². The van der Waals surface area contributed by atoms with Crippen LogP contribution >= 0.6 is 27.5 Å². The Morgan fingerprint density at radius 1 is 1.40 bits per heavy atom. The number of hydrogen-bond donors (Lipinski definition) is 1. The average molecular weight is 359 g/mol. The summed E-state index contributed by atoms with van der Waals surface area (Å²) in [6.45, 7) is 0. The summed E-state index contributed by atoms with van der Waals surface area (Å²) in [5.41, 5.74) is 0.768. The van der Waals surface area contributed by atoms with Crippen molar-refractivity contribution in [3.63, 3.8) is 0 Å². The van der Waals surface area contributed by atoms with Crippen LogP contribution in [0.4, 0.5) is 0 Å². The van der Waals surface area contributed by atoms with Gasteiger partial charge >= 0.3 is 5.97 Å². The number of rotatable bonds is 2. The molecule has 106 valence electrons. The second kappa shape index (κ2) is 5.33. The number of aromatic nitrogens is 3. The first kappa shape index (κ1) is 13.8. The van der Waals surface area contributed by atoms with E-state index in [2.05, 4.69) is 25.9 Å². The Hall–Kier alpha value is -1.14. The van der Waals surface area contributed by atoms with Gasteiger partial charge in [-0.3, -0.25) is 9.20 Å². The fourth-order valence-corrected chi connectivity index (χ4v) is 3.78. The van der Waals surface area contributed by atoms with Crippen LogP contribution in [0.1, 0.15) is 37.4 Å². The molecule has 0 unspecified atom stereocenters. The van der Waals surface area contributed by atoms with Crippen molar-refractivity contribution in [3.05, 3.63) is 28.0 Å². The van der Waals surface area contributed by atoms with Crippen molar-refractivity contribution in [2.24, 2.45) is 5.92 Å². The second-order valence-electron chi connectivity index (χ2n) is 5.08. The van der Waals surface area contributed by atoms with E-state index in [1.807, 2.05) is 10.6 Å². The van der Waals surface area contributed by atoms with E-state index < -0.39 is 5.97 Å². The van der Waals surface area contributed by atoms with Crippen molar-refractivity contribution in [1.29, 1.82) is 0 Å². The molecule has 20 heavy (non-hydrogen) atoms. The average Bonchev–Trinajstić information content (AvgIpc) is 2.77. The Morgan fingerprint density at radius 3 is 2.75 bits per heavy atom. The monoisotopic (exact) mass is 357 g/mol. The summed E-state index contributed by atoms with van der Waals surface area (Å²) in [4.78, 5) is 19.6. The predicted octanol–water partition coefficient (Wildman–Crippen LogP) is 3.50. The quantitative estimate of drug-likeness (QED) is 0.892. The van der Waals surface area contributed by atoms with Gasteiger partial charge in [0.15, 0.2) is 5.15 Å². The molecule has 1 saturated carbocycles. The van der Waals surface area contributed by atoms with Gasteiger partial charge in [0, 0.05) is 18.3 Å². The molecule has 0 bridgehead atoms. The van der Waals surface area contributed by atoms with E-state index >= 15 is 0 Å². The first-order chi connectivity index (χ1) is 9.58. The maximum Gasteiger partial charge on any atom is 0.306 e. The first-order valence-electron chi connectivity index (χ1n) is 6.48. The molecule has 3 rings (SSSR count). The van der Waals surface area contributed by atoms with Crippen LogP contribution < -0.4 is 0 Å². The number of halogens is 2. The molecule has 2 heterocycles. The largest absolute Gasteiger partial charge is 0.481 e. The molecule has 2 aromatic heterocycles. The maximum absolute atomic E-state index is 11.0. The molecule has 0 amide bonds. The molecular formula is C13H13BrClN3O2. The number of imidazole rings is 1. The number of fused-ring (bicyclic) bond motifs is 1. The Kier molecular flexibility index (Phi) is 3.69. The number of hydrogen-bond acceptors (Lipinski definition) is 3. The molecule has 1 aliphatic carbocycles. The number of carboxylic acid groups (broad SMARTS) is 1. The SMILES string of the molecule is O=C(O)[C@H]1CC[C@H](c2nc(Br)c3c(Cl)nccn32)CC1. The predicted molar refractivity (Wildman–Crippen MR) is 78.0 cm³/mol. The fourth-order valence-electron chi connectivity index (χ4n) is 2.87. The van der Waals surface area contributed by atoms with Crippen molar-refractivity contribution in [2.45, 2.75) is 31.6 Å². The van der Waals surface area contributed by atoms with Gasteiger partial charge in [-0.25, -0.2) is 9.97 Å². The summed E-state index contributed by atoms with van der Waals surface area (Å²) in [5.74, 6) is 0.291. The standard InChI is InChI=1S/C13H13BrClN3O2/c14-10-9-11(15)16-5-6-18(9)12(17-10)7-1-3-8(4-2-7)13(19)20/h5-8H,1-4H2,(H,19,20)/t7-,8-. The molecule has 0 aliphatic heterocycles.